The molecular weight excluding hydrogens is 797 g/mol. The third kappa shape index (κ3) is 6.35. The molecule has 12 rings (SSSR count). The summed E-state index contributed by atoms with van der Waals surface area (Å²) in [7, 11) is 0. The van der Waals surface area contributed by atoms with E-state index in [-0.39, 0.29) is 16.7 Å². The molecule has 0 bridgehead atoms. The molecule has 2 aliphatic carbocycles. The maximum atomic E-state index is 2.46. The Kier molecular flexibility index (Phi) is 9.29. The van der Waals surface area contributed by atoms with Crippen LogP contribution >= 0.6 is 0 Å². The second kappa shape index (κ2) is 15.4. The first-order chi connectivity index (χ1) is 32.3. The lowest BCUT2D eigenvalue weighted by molar-refractivity contribution is 0.660. The average Bonchev–Trinajstić information content (AvgIpc) is 3.91. The number of anilines is 3. The lowest BCUT2D eigenvalue weighted by atomic mass is 9.82. The van der Waals surface area contributed by atoms with E-state index in [0.29, 0.717) is 0 Å². The van der Waals surface area contributed by atoms with Crippen LogP contribution in [-0.2, 0) is 10.8 Å². The molecule has 1 heterocycles. The van der Waals surface area contributed by atoms with Crippen molar-refractivity contribution in [2.45, 2.75) is 44.4 Å². The molecule has 1 unspecified atom stereocenters. The Morgan fingerprint density at radius 2 is 0.879 bits per heavy atom. The Morgan fingerprint density at radius 3 is 1.47 bits per heavy atom. The van der Waals surface area contributed by atoms with Crippen molar-refractivity contribution in [3.05, 3.63) is 268 Å². The quantitative estimate of drug-likeness (QED) is 0.109. The molecule has 0 saturated heterocycles. The third-order valence-electron chi connectivity index (χ3n) is 14.6. The molecule has 0 saturated carbocycles. The number of hydrogen-bond acceptors (Lipinski definition) is 1. The molecule has 316 valence electrons. The van der Waals surface area contributed by atoms with Gasteiger partial charge in [0.05, 0.1) is 0 Å². The van der Waals surface area contributed by atoms with Gasteiger partial charge in [0.1, 0.15) is 5.92 Å². The van der Waals surface area contributed by atoms with Gasteiger partial charge >= 0.3 is 0 Å². The number of hydrogen-bond donors (Lipinski definition) is 0. The summed E-state index contributed by atoms with van der Waals surface area (Å²) in [6.45, 7) is 9.46. The second-order valence-corrected chi connectivity index (χ2v) is 19.1. The highest BCUT2D eigenvalue weighted by Gasteiger charge is 2.43. The van der Waals surface area contributed by atoms with E-state index in [1.807, 2.05) is 0 Å². The van der Waals surface area contributed by atoms with Crippen LogP contribution in [0.1, 0.15) is 83.7 Å². The van der Waals surface area contributed by atoms with Gasteiger partial charge in [-0.15, -0.1) is 0 Å². The monoisotopic (exact) mass is 847 g/mol. The standard InChI is InChI=1S/C64H51N2/c1-63(2)56-26-16-14-24-51(56)53-37-35-49(41-58(53)63)65(50-36-38-54-52-25-15-17-27-57(52)64(3,4)59(54)42-50)48-33-30-43(31-34-48)28-29-44-32-39-60-55(40-44)61(45-18-8-5-9-19-45)62(46-20-10-6-11-21-46)66(60)47-22-12-7-13-23-47/h5-42,61H,1-4H3/q+1. The highest BCUT2D eigenvalue weighted by Crippen LogP contribution is 2.53. The predicted octanol–water partition coefficient (Wildman–Crippen LogP) is 16.4. The SMILES string of the molecule is CC1(C)c2ccccc2-c2ccc(N(c3ccc(C=Cc4ccc5c(c4)C(c4ccccc4)C(c4ccccc4)=[N+]5c4ccccc4)cc3)c3ccc4c(c3)C(C)(C)c3ccccc3-4)cc21. The summed E-state index contributed by atoms with van der Waals surface area (Å²) in [5.74, 6) is 0.0698. The fourth-order valence-corrected chi connectivity index (χ4v) is 11.3. The summed E-state index contributed by atoms with van der Waals surface area (Å²) >= 11 is 0. The molecule has 0 aromatic heterocycles. The topological polar surface area (TPSA) is 6.25 Å². The van der Waals surface area contributed by atoms with Crippen LogP contribution in [0.4, 0.5) is 28.4 Å². The third-order valence-corrected chi connectivity index (χ3v) is 14.6. The maximum absolute atomic E-state index is 2.46. The van der Waals surface area contributed by atoms with Gasteiger partial charge in [-0.05, 0) is 122 Å². The van der Waals surface area contributed by atoms with Crippen LogP contribution in [0.2, 0.25) is 0 Å². The summed E-state index contributed by atoms with van der Waals surface area (Å²) in [6, 6.07) is 80.7. The van der Waals surface area contributed by atoms with Crippen LogP contribution in [0.15, 0.2) is 218 Å². The molecule has 0 spiro atoms. The molecule has 0 radical (unpaired) electrons. The van der Waals surface area contributed by atoms with E-state index in [1.165, 1.54) is 78.2 Å². The van der Waals surface area contributed by atoms with E-state index in [9.17, 15) is 0 Å². The molecule has 2 nitrogen and oxygen atoms in total. The van der Waals surface area contributed by atoms with Crippen molar-refractivity contribution in [3.63, 3.8) is 0 Å². The van der Waals surface area contributed by atoms with E-state index < -0.39 is 0 Å². The minimum Gasteiger partial charge on any atom is -0.310 e. The minimum absolute atomic E-state index is 0.0698. The van der Waals surface area contributed by atoms with Crippen molar-refractivity contribution in [3.8, 4) is 22.3 Å². The van der Waals surface area contributed by atoms with E-state index in [4.69, 9.17) is 0 Å². The van der Waals surface area contributed by atoms with Crippen LogP contribution in [0.5, 0.6) is 0 Å². The van der Waals surface area contributed by atoms with Gasteiger partial charge < -0.3 is 4.90 Å². The fraction of sp³-hybridized carbons (Fsp3) is 0.109. The highest BCUT2D eigenvalue weighted by molar-refractivity contribution is 6.13. The summed E-state index contributed by atoms with van der Waals surface area (Å²) in [6.07, 6.45) is 4.52. The van der Waals surface area contributed by atoms with Crippen LogP contribution in [-0.4, -0.2) is 5.71 Å². The molecule has 9 aromatic carbocycles. The molecule has 0 N–H and O–H groups in total. The van der Waals surface area contributed by atoms with Crippen molar-refractivity contribution >= 4 is 46.3 Å². The zero-order chi connectivity index (χ0) is 44.6. The largest absolute Gasteiger partial charge is 0.310 e. The Labute approximate surface area is 389 Å². The van der Waals surface area contributed by atoms with E-state index in [1.54, 1.807) is 0 Å². The smallest absolute Gasteiger partial charge is 0.215 e. The predicted molar refractivity (Wildman–Crippen MR) is 278 cm³/mol. The molecule has 66 heavy (non-hydrogen) atoms. The van der Waals surface area contributed by atoms with Crippen LogP contribution < -0.4 is 9.48 Å². The van der Waals surface area contributed by atoms with Crippen molar-refractivity contribution in [1.82, 2.24) is 4.58 Å². The van der Waals surface area contributed by atoms with Crippen LogP contribution in [0.3, 0.4) is 0 Å². The van der Waals surface area contributed by atoms with Gasteiger partial charge in [0.15, 0.2) is 0 Å². The minimum atomic E-state index is -0.108. The summed E-state index contributed by atoms with van der Waals surface area (Å²) in [5, 5.41) is 0. The van der Waals surface area contributed by atoms with Crippen molar-refractivity contribution in [2.24, 2.45) is 0 Å². The van der Waals surface area contributed by atoms with Crippen molar-refractivity contribution in [1.29, 1.82) is 0 Å². The second-order valence-electron chi connectivity index (χ2n) is 19.1. The first kappa shape index (κ1) is 39.8. The molecule has 2 heteroatoms. The van der Waals surface area contributed by atoms with Gasteiger partial charge in [0.2, 0.25) is 17.1 Å². The van der Waals surface area contributed by atoms with E-state index in [2.05, 4.69) is 268 Å². The number of nitrogens with zero attached hydrogens (tertiary/aromatic N) is 2. The van der Waals surface area contributed by atoms with Crippen molar-refractivity contribution in [2.75, 3.05) is 4.90 Å². The zero-order valence-corrected chi connectivity index (χ0v) is 37.9. The summed E-state index contributed by atoms with van der Waals surface area (Å²) in [5.41, 5.74) is 23.9. The van der Waals surface area contributed by atoms with Gasteiger partial charge in [-0.2, -0.15) is 4.58 Å². The molecule has 3 aliphatic rings. The summed E-state index contributed by atoms with van der Waals surface area (Å²) < 4.78 is 2.46. The number of fused-ring (bicyclic) bond motifs is 7. The van der Waals surface area contributed by atoms with E-state index in [0.717, 1.165) is 28.3 Å². The van der Waals surface area contributed by atoms with Crippen LogP contribution in [0.25, 0.3) is 34.4 Å². The highest BCUT2D eigenvalue weighted by atomic mass is 15.1. The Hall–Kier alpha value is -7.81. The normalized spacial score (nSPS) is 15.8. The molecule has 1 atom stereocenters. The van der Waals surface area contributed by atoms with Crippen LogP contribution in [0, 0.1) is 0 Å². The fourth-order valence-electron chi connectivity index (χ4n) is 11.3. The molecule has 0 fully saturated rings. The lowest BCUT2D eigenvalue weighted by Crippen LogP contribution is -2.19. The first-order valence-corrected chi connectivity index (χ1v) is 23.3. The number of rotatable bonds is 8. The number of benzene rings is 9. The van der Waals surface area contributed by atoms with Gasteiger partial charge in [-0.1, -0.05) is 179 Å². The molecule has 0 amide bonds. The first-order valence-electron chi connectivity index (χ1n) is 23.3. The average molecular weight is 848 g/mol. The van der Waals surface area contributed by atoms with Gasteiger partial charge in [-0.25, -0.2) is 0 Å². The zero-order valence-electron chi connectivity index (χ0n) is 37.9. The Bertz CT molecular complexity index is 3290. The Balaban J connectivity index is 0.923. The van der Waals surface area contributed by atoms with Gasteiger partial charge in [0.25, 0.3) is 0 Å². The van der Waals surface area contributed by atoms with Crippen molar-refractivity contribution < 1.29 is 0 Å². The lowest BCUT2D eigenvalue weighted by Gasteiger charge is -2.29. The number of para-hydroxylation sites is 1. The molecule has 1 aliphatic heterocycles. The van der Waals surface area contributed by atoms with Gasteiger partial charge in [-0.3, -0.25) is 0 Å². The maximum Gasteiger partial charge on any atom is 0.215 e. The molecular formula is C64H51N2+. The molecule has 9 aromatic rings. The summed E-state index contributed by atoms with van der Waals surface area (Å²) in [4.78, 5) is 2.45. The van der Waals surface area contributed by atoms with Gasteiger partial charge in [0, 0.05) is 57.2 Å². The Morgan fingerprint density at radius 1 is 0.409 bits per heavy atom. The van der Waals surface area contributed by atoms with E-state index >= 15 is 0 Å².